The Morgan fingerprint density at radius 2 is 2.00 bits per heavy atom. The van der Waals surface area contributed by atoms with Crippen LogP contribution in [0.5, 0.6) is 5.75 Å². The minimum Gasteiger partial charge on any atom is -0.504 e. The molecule has 0 aliphatic rings. The number of nitrogens with zero attached hydrogens (tertiary/aromatic N) is 2. The van der Waals surface area contributed by atoms with E-state index in [1.54, 1.807) is 13.8 Å². The molecule has 114 valence electrons. The molecule has 0 aliphatic carbocycles. The van der Waals surface area contributed by atoms with Crippen LogP contribution in [0.1, 0.15) is 24.3 Å². The normalized spacial score (nSPS) is 10.8. The molecule has 0 saturated carbocycles. The van der Waals surface area contributed by atoms with Crippen LogP contribution in [0.4, 0.5) is 0 Å². The topological polar surface area (TPSA) is 93.2 Å². The van der Waals surface area contributed by atoms with Crippen molar-refractivity contribution in [3.8, 4) is 11.4 Å². The summed E-state index contributed by atoms with van der Waals surface area (Å²) in [5.74, 6) is -0.619. The fourth-order valence-corrected chi connectivity index (χ4v) is 1.66. The number of hydrogen-bond donors (Lipinski definition) is 3. The Morgan fingerprint density at radius 3 is 2.57 bits per heavy atom. The number of aromatic hydroxyl groups is 1. The minimum absolute atomic E-state index is 0. The van der Waals surface area contributed by atoms with E-state index >= 15 is 0 Å². The second-order valence-corrected chi connectivity index (χ2v) is 5.19. The third kappa shape index (κ3) is 3.96. The molecule has 0 radical (unpaired) electrons. The molecule has 0 unspecified atom stereocenters. The summed E-state index contributed by atoms with van der Waals surface area (Å²) >= 11 is 0. The summed E-state index contributed by atoms with van der Waals surface area (Å²) in [7, 11) is 0. The summed E-state index contributed by atoms with van der Waals surface area (Å²) in [6.07, 6.45) is 1.40. The van der Waals surface area contributed by atoms with Crippen molar-refractivity contribution in [2.75, 3.05) is 6.54 Å². The van der Waals surface area contributed by atoms with Crippen LogP contribution in [0, 0.1) is 0 Å². The van der Waals surface area contributed by atoms with Crippen LogP contribution in [0.3, 0.4) is 0 Å². The summed E-state index contributed by atoms with van der Waals surface area (Å²) in [5.41, 5.74) is 5.75. The first kappa shape index (κ1) is 17.0. The number of para-hydroxylation sites is 1. The standard InChI is InChI=1S/C14H18N4O2.ClH/c1-14(2,9-15)16-13(20)12-11(19)8-18(17-12)10-6-4-3-5-7-10;/h3-8,19H,9,15H2,1-2H3,(H,16,20);1H. The van der Waals surface area contributed by atoms with Crippen LogP contribution in [0.25, 0.3) is 5.69 Å². The molecular weight excluding hydrogens is 292 g/mol. The van der Waals surface area contributed by atoms with Crippen molar-refractivity contribution in [1.29, 1.82) is 0 Å². The zero-order valence-corrected chi connectivity index (χ0v) is 12.7. The van der Waals surface area contributed by atoms with E-state index in [2.05, 4.69) is 10.4 Å². The van der Waals surface area contributed by atoms with Crippen molar-refractivity contribution in [2.24, 2.45) is 5.73 Å². The van der Waals surface area contributed by atoms with E-state index in [4.69, 9.17) is 5.73 Å². The molecule has 0 saturated heterocycles. The zero-order valence-electron chi connectivity index (χ0n) is 11.9. The molecule has 0 atom stereocenters. The van der Waals surface area contributed by atoms with Gasteiger partial charge in [0, 0.05) is 12.1 Å². The lowest BCUT2D eigenvalue weighted by atomic mass is 10.1. The highest BCUT2D eigenvalue weighted by atomic mass is 35.5. The Labute approximate surface area is 129 Å². The molecule has 1 amide bonds. The van der Waals surface area contributed by atoms with Crippen LogP contribution in [0.15, 0.2) is 36.5 Å². The second kappa shape index (κ2) is 6.60. The number of halogens is 1. The molecule has 0 spiro atoms. The number of hydrogen-bond acceptors (Lipinski definition) is 4. The highest BCUT2D eigenvalue weighted by molar-refractivity contribution is 5.95. The highest BCUT2D eigenvalue weighted by Crippen LogP contribution is 2.18. The summed E-state index contributed by atoms with van der Waals surface area (Å²) in [4.78, 5) is 12.1. The van der Waals surface area contributed by atoms with E-state index in [0.29, 0.717) is 6.54 Å². The fourth-order valence-electron chi connectivity index (χ4n) is 1.66. The number of amides is 1. The van der Waals surface area contributed by atoms with Crippen molar-refractivity contribution < 1.29 is 9.90 Å². The highest BCUT2D eigenvalue weighted by Gasteiger charge is 2.23. The van der Waals surface area contributed by atoms with Crippen LogP contribution >= 0.6 is 12.4 Å². The average molecular weight is 311 g/mol. The van der Waals surface area contributed by atoms with E-state index in [1.165, 1.54) is 10.9 Å². The minimum atomic E-state index is -0.556. The van der Waals surface area contributed by atoms with Gasteiger partial charge in [-0.1, -0.05) is 18.2 Å². The smallest absolute Gasteiger partial charge is 0.276 e. The molecule has 21 heavy (non-hydrogen) atoms. The number of benzene rings is 1. The van der Waals surface area contributed by atoms with E-state index in [9.17, 15) is 9.90 Å². The molecule has 7 heteroatoms. The second-order valence-electron chi connectivity index (χ2n) is 5.19. The van der Waals surface area contributed by atoms with Crippen LogP contribution in [-0.4, -0.2) is 32.9 Å². The molecule has 1 aromatic heterocycles. The van der Waals surface area contributed by atoms with Crippen molar-refractivity contribution >= 4 is 18.3 Å². The third-order valence-electron chi connectivity index (χ3n) is 2.89. The molecule has 2 rings (SSSR count). The van der Waals surface area contributed by atoms with Gasteiger partial charge in [0.25, 0.3) is 5.91 Å². The van der Waals surface area contributed by atoms with Gasteiger partial charge in [0.2, 0.25) is 0 Å². The largest absolute Gasteiger partial charge is 0.504 e. The number of rotatable bonds is 4. The van der Waals surface area contributed by atoms with E-state index in [0.717, 1.165) is 5.69 Å². The Morgan fingerprint density at radius 1 is 1.38 bits per heavy atom. The molecular formula is C14H19ClN4O2. The monoisotopic (exact) mass is 310 g/mol. The van der Waals surface area contributed by atoms with Crippen LogP contribution < -0.4 is 11.1 Å². The lowest BCUT2D eigenvalue weighted by Crippen LogP contribution is -2.49. The predicted molar refractivity (Wildman–Crippen MR) is 83.1 cm³/mol. The molecule has 0 fully saturated rings. The first-order valence-corrected chi connectivity index (χ1v) is 6.29. The summed E-state index contributed by atoms with van der Waals surface area (Å²) in [5, 5.41) is 16.7. The van der Waals surface area contributed by atoms with Gasteiger partial charge in [0.05, 0.1) is 11.9 Å². The first-order valence-electron chi connectivity index (χ1n) is 6.29. The molecule has 0 aliphatic heterocycles. The Kier molecular flexibility index (Phi) is 5.34. The Balaban J connectivity index is 0.00000220. The molecule has 1 aromatic carbocycles. The quantitative estimate of drug-likeness (QED) is 0.797. The van der Waals surface area contributed by atoms with Gasteiger partial charge in [0.1, 0.15) is 0 Å². The molecule has 4 N–H and O–H groups in total. The van der Waals surface area contributed by atoms with Crippen molar-refractivity contribution in [2.45, 2.75) is 19.4 Å². The van der Waals surface area contributed by atoms with Gasteiger partial charge >= 0.3 is 0 Å². The summed E-state index contributed by atoms with van der Waals surface area (Å²) < 4.78 is 1.46. The number of nitrogens with two attached hydrogens (primary N) is 1. The third-order valence-corrected chi connectivity index (χ3v) is 2.89. The Bertz CT molecular complexity index is 611. The van der Waals surface area contributed by atoms with Gasteiger partial charge in [-0.15, -0.1) is 12.4 Å². The number of carbonyl (C=O) groups excluding carboxylic acids is 1. The van der Waals surface area contributed by atoms with Crippen LogP contribution in [0.2, 0.25) is 0 Å². The van der Waals surface area contributed by atoms with Crippen molar-refractivity contribution in [1.82, 2.24) is 15.1 Å². The van der Waals surface area contributed by atoms with Gasteiger partial charge in [0.15, 0.2) is 11.4 Å². The lowest BCUT2D eigenvalue weighted by Gasteiger charge is -2.23. The SMILES string of the molecule is CC(C)(CN)NC(=O)c1nn(-c2ccccc2)cc1O.Cl. The molecule has 6 nitrogen and oxygen atoms in total. The molecule has 1 heterocycles. The maximum atomic E-state index is 12.1. The van der Waals surface area contributed by atoms with Gasteiger partial charge in [-0.05, 0) is 26.0 Å². The molecule has 2 aromatic rings. The van der Waals surface area contributed by atoms with Gasteiger partial charge in [-0.3, -0.25) is 4.79 Å². The maximum Gasteiger partial charge on any atom is 0.276 e. The van der Waals surface area contributed by atoms with Crippen molar-refractivity contribution in [3.05, 3.63) is 42.2 Å². The van der Waals surface area contributed by atoms with E-state index in [-0.39, 0.29) is 23.9 Å². The number of aromatic nitrogens is 2. The summed E-state index contributed by atoms with van der Waals surface area (Å²) in [6.45, 7) is 3.89. The van der Waals surface area contributed by atoms with Crippen LogP contribution in [-0.2, 0) is 0 Å². The number of nitrogens with one attached hydrogen (secondary N) is 1. The van der Waals surface area contributed by atoms with Gasteiger partial charge in [-0.2, -0.15) is 5.10 Å². The van der Waals surface area contributed by atoms with Gasteiger partial charge < -0.3 is 16.2 Å². The molecule has 0 bridgehead atoms. The number of carbonyl (C=O) groups is 1. The van der Waals surface area contributed by atoms with E-state index in [1.807, 2.05) is 30.3 Å². The first-order chi connectivity index (χ1) is 9.43. The van der Waals surface area contributed by atoms with E-state index < -0.39 is 11.4 Å². The maximum absolute atomic E-state index is 12.1. The lowest BCUT2D eigenvalue weighted by molar-refractivity contribution is 0.0907. The average Bonchev–Trinajstić information content (AvgIpc) is 2.81. The zero-order chi connectivity index (χ0) is 14.8. The predicted octanol–water partition coefficient (Wildman–Crippen LogP) is 1.47. The van der Waals surface area contributed by atoms with Gasteiger partial charge in [-0.25, -0.2) is 4.68 Å². The fraction of sp³-hybridized carbons (Fsp3) is 0.286. The Hall–Kier alpha value is -2.05. The summed E-state index contributed by atoms with van der Waals surface area (Å²) in [6, 6.07) is 9.25. The van der Waals surface area contributed by atoms with Crippen molar-refractivity contribution in [3.63, 3.8) is 0 Å².